The molecular weight excluding hydrogens is 312 g/mol. The zero-order valence-corrected chi connectivity index (χ0v) is 15.7. The first-order chi connectivity index (χ1) is 11.0. The molecular formula is C18H30O6. The molecule has 6 nitrogen and oxygen atoms in total. The van der Waals surface area contributed by atoms with Gasteiger partial charge in [0.15, 0.2) is 0 Å². The highest BCUT2D eigenvalue weighted by molar-refractivity contribution is 5.87. The fraction of sp³-hybridized carbons (Fsp3) is 0.500. The molecule has 0 N–H and O–H groups in total. The maximum atomic E-state index is 10.4. The molecule has 0 spiro atoms. The lowest BCUT2D eigenvalue weighted by Gasteiger charge is -1.96. The van der Waals surface area contributed by atoms with Crippen LogP contribution in [0.1, 0.15) is 41.5 Å². The third kappa shape index (κ3) is 19.6. The standard InChI is InChI=1S/3C6H10O2/c3*1-4-8-6(7)5(2)3/h3*2,4H2,1,3H3. The summed E-state index contributed by atoms with van der Waals surface area (Å²) in [5, 5.41) is 0. The smallest absolute Gasteiger partial charge is 0.333 e. The summed E-state index contributed by atoms with van der Waals surface area (Å²) < 4.78 is 13.7. The fourth-order valence-electron chi connectivity index (χ4n) is 0.763. The van der Waals surface area contributed by atoms with Gasteiger partial charge in [0.1, 0.15) is 0 Å². The molecule has 0 aromatic rings. The van der Waals surface area contributed by atoms with Crippen LogP contribution in [0, 0.1) is 0 Å². The van der Waals surface area contributed by atoms with Crippen molar-refractivity contribution in [2.45, 2.75) is 41.5 Å². The van der Waals surface area contributed by atoms with Crippen LogP contribution in [-0.2, 0) is 28.6 Å². The average molecular weight is 342 g/mol. The molecule has 0 saturated carbocycles. The summed E-state index contributed by atoms with van der Waals surface area (Å²) in [7, 11) is 0. The Kier molecular flexibility index (Phi) is 18.8. The van der Waals surface area contributed by atoms with E-state index < -0.39 is 0 Å². The van der Waals surface area contributed by atoms with Gasteiger partial charge in [-0.2, -0.15) is 0 Å². The van der Waals surface area contributed by atoms with Crippen LogP contribution in [0.3, 0.4) is 0 Å². The molecule has 0 bridgehead atoms. The molecule has 0 aromatic heterocycles. The molecule has 0 fully saturated rings. The first-order valence-electron chi connectivity index (χ1n) is 7.52. The van der Waals surface area contributed by atoms with E-state index in [1.54, 1.807) is 41.5 Å². The Morgan fingerprint density at radius 1 is 0.583 bits per heavy atom. The zero-order valence-electron chi connectivity index (χ0n) is 15.7. The zero-order chi connectivity index (χ0) is 19.7. The number of hydrogen-bond donors (Lipinski definition) is 0. The van der Waals surface area contributed by atoms with Gasteiger partial charge in [0.2, 0.25) is 0 Å². The Labute approximate surface area is 145 Å². The summed E-state index contributed by atoms with van der Waals surface area (Å²) in [6, 6.07) is 0. The predicted octanol–water partition coefficient (Wildman–Crippen LogP) is 3.38. The second-order valence-corrected chi connectivity index (χ2v) is 4.50. The highest BCUT2D eigenvalue weighted by Gasteiger charge is 1.99. The molecule has 0 amide bonds. The summed E-state index contributed by atoms with van der Waals surface area (Å²) >= 11 is 0. The molecule has 0 aliphatic heterocycles. The van der Waals surface area contributed by atoms with Crippen LogP contribution in [0.4, 0.5) is 0 Å². The summed E-state index contributed by atoms with van der Waals surface area (Å²) in [6.07, 6.45) is 0. The van der Waals surface area contributed by atoms with Crippen LogP contribution >= 0.6 is 0 Å². The molecule has 0 aliphatic rings. The van der Waals surface area contributed by atoms with Crippen molar-refractivity contribution in [3.8, 4) is 0 Å². The molecule has 0 unspecified atom stereocenters. The minimum Gasteiger partial charge on any atom is -0.463 e. The van der Waals surface area contributed by atoms with Crippen LogP contribution in [0.2, 0.25) is 0 Å². The highest BCUT2D eigenvalue weighted by atomic mass is 16.5. The fourth-order valence-corrected chi connectivity index (χ4v) is 0.763. The second kappa shape index (κ2) is 17.0. The van der Waals surface area contributed by atoms with Gasteiger partial charge in [-0.25, -0.2) is 14.4 Å². The summed E-state index contributed by atoms with van der Waals surface area (Å²) in [5.74, 6) is -0.937. The van der Waals surface area contributed by atoms with Gasteiger partial charge in [0.25, 0.3) is 0 Å². The number of hydrogen-bond acceptors (Lipinski definition) is 6. The van der Waals surface area contributed by atoms with E-state index in [2.05, 4.69) is 33.9 Å². The van der Waals surface area contributed by atoms with E-state index in [9.17, 15) is 14.4 Å². The van der Waals surface area contributed by atoms with Crippen molar-refractivity contribution in [2.24, 2.45) is 0 Å². The largest absolute Gasteiger partial charge is 0.463 e. The monoisotopic (exact) mass is 342 g/mol. The van der Waals surface area contributed by atoms with Crippen LogP contribution in [0.25, 0.3) is 0 Å². The van der Waals surface area contributed by atoms with E-state index in [1.165, 1.54) is 0 Å². The molecule has 0 aliphatic carbocycles. The number of carbonyl (C=O) groups excluding carboxylic acids is 3. The van der Waals surface area contributed by atoms with Gasteiger partial charge in [-0.15, -0.1) is 0 Å². The quantitative estimate of drug-likeness (QED) is 0.418. The van der Waals surface area contributed by atoms with E-state index in [0.717, 1.165) is 0 Å². The molecule has 0 saturated heterocycles. The van der Waals surface area contributed by atoms with E-state index in [1.807, 2.05) is 0 Å². The van der Waals surface area contributed by atoms with E-state index in [4.69, 9.17) is 0 Å². The lowest BCUT2D eigenvalue weighted by atomic mass is 10.4. The Bertz CT molecular complexity index is 382. The van der Waals surface area contributed by atoms with Gasteiger partial charge in [-0.05, 0) is 41.5 Å². The van der Waals surface area contributed by atoms with Crippen LogP contribution in [0.15, 0.2) is 36.5 Å². The lowest BCUT2D eigenvalue weighted by molar-refractivity contribution is -0.139. The normalized spacial score (nSPS) is 8.25. The number of esters is 3. The van der Waals surface area contributed by atoms with Crippen molar-refractivity contribution >= 4 is 17.9 Å². The molecule has 0 rings (SSSR count). The molecule has 0 heterocycles. The summed E-state index contributed by atoms with van der Waals surface area (Å²) in [6.45, 7) is 21.6. The second-order valence-electron chi connectivity index (χ2n) is 4.50. The van der Waals surface area contributed by atoms with E-state index in [-0.39, 0.29) is 17.9 Å². The molecule has 6 heteroatoms. The predicted molar refractivity (Wildman–Crippen MR) is 94.3 cm³/mol. The minimum atomic E-state index is -0.312. The Hall–Kier alpha value is -2.37. The SMILES string of the molecule is C=C(C)C(=O)OCC.C=C(C)C(=O)OCC.C=C(C)C(=O)OCC. The molecule has 24 heavy (non-hydrogen) atoms. The van der Waals surface area contributed by atoms with E-state index >= 15 is 0 Å². The van der Waals surface area contributed by atoms with Gasteiger partial charge in [0, 0.05) is 16.7 Å². The van der Waals surface area contributed by atoms with Crippen LogP contribution < -0.4 is 0 Å². The van der Waals surface area contributed by atoms with Crippen molar-refractivity contribution in [3.05, 3.63) is 36.5 Å². The lowest BCUT2D eigenvalue weighted by Crippen LogP contribution is -2.03. The molecule has 0 radical (unpaired) electrons. The highest BCUT2D eigenvalue weighted by Crippen LogP contribution is 1.90. The number of carbonyl (C=O) groups is 3. The van der Waals surface area contributed by atoms with Gasteiger partial charge in [0.05, 0.1) is 19.8 Å². The maximum Gasteiger partial charge on any atom is 0.333 e. The van der Waals surface area contributed by atoms with Crippen molar-refractivity contribution < 1.29 is 28.6 Å². The molecule has 0 atom stereocenters. The summed E-state index contributed by atoms with van der Waals surface area (Å²) in [4.78, 5) is 31.3. The van der Waals surface area contributed by atoms with Crippen molar-refractivity contribution in [1.29, 1.82) is 0 Å². The van der Waals surface area contributed by atoms with Crippen molar-refractivity contribution in [3.63, 3.8) is 0 Å². The molecule has 0 aromatic carbocycles. The van der Waals surface area contributed by atoms with Crippen molar-refractivity contribution in [1.82, 2.24) is 0 Å². The third-order valence-electron chi connectivity index (χ3n) is 1.87. The average Bonchev–Trinajstić information content (AvgIpc) is 2.49. The van der Waals surface area contributed by atoms with E-state index in [0.29, 0.717) is 36.5 Å². The van der Waals surface area contributed by atoms with Crippen molar-refractivity contribution in [2.75, 3.05) is 19.8 Å². The Morgan fingerprint density at radius 3 is 0.792 bits per heavy atom. The Balaban J connectivity index is -0.000000276. The van der Waals surface area contributed by atoms with Gasteiger partial charge in [-0.1, -0.05) is 19.7 Å². The molecule has 138 valence electrons. The summed E-state index contributed by atoms with van der Waals surface area (Å²) in [5.41, 5.74) is 1.35. The minimum absolute atomic E-state index is 0.312. The first-order valence-corrected chi connectivity index (χ1v) is 7.52. The Morgan fingerprint density at radius 2 is 0.750 bits per heavy atom. The third-order valence-corrected chi connectivity index (χ3v) is 1.87. The van der Waals surface area contributed by atoms with Crippen LogP contribution in [-0.4, -0.2) is 37.7 Å². The van der Waals surface area contributed by atoms with Gasteiger partial charge < -0.3 is 14.2 Å². The first kappa shape index (κ1) is 26.5. The van der Waals surface area contributed by atoms with Gasteiger partial charge >= 0.3 is 17.9 Å². The topological polar surface area (TPSA) is 78.9 Å². The number of rotatable bonds is 6. The maximum absolute atomic E-state index is 10.4. The number of ether oxygens (including phenoxy) is 3. The van der Waals surface area contributed by atoms with Gasteiger partial charge in [-0.3, -0.25) is 0 Å². The van der Waals surface area contributed by atoms with Crippen LogP contribution in [0.5, 0.6) is 0 Å².